The van der Waals surface area contributed by atoms with Crippen LogP contribution in [-0.4, -0.2) is 40.1 Å². The molecule has 0 radical (unpaired) electrons. The van der Waals surface area contributed by atoms with E-state index in [2.05, 4.69) is 0 Å². The van der Waals surface area contributed by atoms with Gasteiger partial charge in [-0.1, -0.05) is 11.6 Å². The van der Waals surface area contributed by atoms with Crippen LogP contribution in [0.25, 0.3) is 0 Å². The molecule has 2 rings (SSSR count). The maximum Gasteiger partial charge on any atom is 0.308 e. The summed E-state index contributed by atoms with van der Waals surface area (Å²) in [6.45, 7) is 1.48. The zero-order chi connectivity index (χ0) is 14.0. The van der Waals surface area contributed by atoms with Gasteiger partial charge in [0.25, 0.3) is 0 Å². The van der Waals surface area contributed by atoms with E-state index >= 15 is 0 Å². The Labute approximate surface area is 119 Å². The molecule has 1 fully saturated rings. The summed E-state index contributed by atoms with van der Waals surface area (Å²) >= 11 is 7.31. The summed E-state index contributed by atoms with van der Waals surface area (Å²) in [6, 6.07) is 3.71. The Hall–Kier alpha value is -1.11. The van der Waals surface area contributed by atoms with Crippen LogP contribution in [0.3, 0.4) is 0 Å². The van der Waals surface area contributed by atoms with Crippen molar-refractivity contribution in [1.82, 2.24) is 4.90 Å². The molecular formula is C12H14ClNO4S. The first kappa shape index (κ1) is 14.3. The molecule has 2 N–H and O–H groups in total. The van der Waals surface area contributed by atoms with E-state index in [1.165, 1.54) is 11.3 Å². The predicted octanol–water partition coefficient (Wildman–Crippen LogP) is 2.01. The van der Waals surface area contributed by atoms with Crippen LogP contribution in [0.5, 0.6) is 0 Å². The van der Waals surface area contributed by atoms with Gasteiger partial charge in [0.2, 0.25) is 0 Å². The standard InChI is InChI=1S/C12H14ClNO4S/c13-10-2-1-7(19-10)5-14-4-3-8(11(15)16)9(6-14)12(17)18/h1-2,8-9H,3-6H2,(H,15,16)(H,17,18). The Bertz CT molecular complexity index is 490. The Balaban J connectivity index is 2.02. The number of halogens is 1. The van der Waals surface area contributed by atoms with E-state index in [4.69, 9.17) is 21.8 Å². The summed E-state index contributed by atoms with van der Waals surface area (Å²) < 4.78 is 0.699. The number of likely N-dealkylation sites (tertiary alicyclic amines) is 1. The predicted molar refractivity (Wildman–Crippen MR) is 71.5 cm³/mol. The molecule has 0 saturated carbocycles. The molecule has 1 aliphatic rings. The third-order valence-electron chi connectivity index (χ3n) is 3.34. The third kappa shape index (κ3) is 3.46. The lowest BCUT2D eigenvalue weighted by Gasteiger charge is -2.34. The number of aliphatic carboxylic acids is 2. The lowest BCUT2D eigenvalue weighted by atomic mass is 9.85. The molecule has 1 aromatic rings. The molecule has 2 heterocycles. The minimum Gasteiger partial charge on any atom is -0.481 e. The van der Waals surface area contributed by atoms with Crippen molar-refractivity contribution in [3.05, 3.63) is 21.3 Å². The van der Waals surface area contributed by atoms with Crippen molar-refractivity contribution >= 4 is 34.9 Å². The van der Waals surface area contributed by atoms with Crippen LogP contribution in [-0.2, 0) is 16.1 Å². The fourth-order valence-electron chi connectivity index (χ4n) is 2.37. The number of carboxylic acid groups (broad SMARTS) is 2. The van der Waals surface area contributed by atoms with Crippen LogP contribution < -0.4 is 0 Å². The van der Waals surface area contributed by atoms with Gasteiger partial charge in [-0.05, 0) is 25.1 Å². The molecule has 0 bridgehead atoms. The number of hydrogen-bond donors (Lipinski definition) is 2. The molecule has 19 heavy (non-hydrogen) atoms. The topological polar surface area (TPSA) is 77.8 Å². The lowest BCUT2D eigenvalue weighted by Crippen LogP contribution is -2.45. The van der Waals surface area contributed by atoms with Gasteiger partial charge in [0.05, 0.1) is 16.2 Å². The fraction of sp³-hybridized carbons (Fsp3) is 0.500. The van der Waals surface area contributed by atoms with Crippen molar-refractivity contribution in [2.75, 3.05) is 13.1 Å². The average molecular weight is 304 g/mol. The Kier molecular flexibility index (Phi) is 4.44. The summed E-state index contributed by atoms with van der Waals surface area (Å²) in [5.74, 6) is -3.70. The summed E-state index contributed by atoms with van der Waals surface area (Å²) in [6.07, 6.45) is 0.366. The molecule has 1 aliphatic heterocycles. The number of hydrogen-bond acceptors (Lipinski definition) is 4. The highest BCUT2D eigenvalue weighted by atomic mass is 35.5. The Morgan fingerprint density at radius 2 is 2.00 bits per heavy atom. The second-order valence-electron chi connectivity index (χ2n) is 4.62. The molecular weight excluding hydrogens is 290 g/mol. The van der Waals surface area contributed by atoms with Crippen LogP contribution in [0.2, 0.25) is 4.34 Å². The van der Waals surface area contributed by atoms with Crippen LogP contribution in [0, 0.1) is 11.8 Å². The normalized spacial score (nSPS) is 24.3. The van der Waals surface area contributed by atoms with Gasteiger partial charge in [-0.25, -0.2) is 0 Å². The molecule has 0 spiro atoms. The maximum atomic E-state index is 11.2. The van der Waals surface area contributed by atoms with Crippen molar-refractivity contribution in [2.45, 2.75) is 13.0 Å². The van der Waals surface area contributed by atoms with Gasteiger partial charge >= 0.3 is 11.9 Å². The molecule has 0 aliphatic carbocycles. The lowest BCUT2D eigenvalue weighted by molar-refractivity contribution is -0.157. The van der Waals surface area contributed by atoms with Crippen molar-refractivity contribution in [2.24, 2.45) is 11.8 Å². The van der Waals surface area contributed by atoms with E-state index in [0.29, 0.717) is 23.8 Å². The molecule has 7 heteroatoms. The van der Waals surface area contributed by atoms with E-state index in [1.54, 1.807) is 6.07 Å². The van der Waals surface area contributed by atoms with Crippen LogP contribution >= 0.6 is 22.9 Å². The number of carbonyl (C=O) groups is 2. The van der Waals surface area contributed by atoms with Crippen molar-refractivity contribution < 1.29 is 19.8 Å². The minimum absolute atomic E-state index is 0.266. The second kappa shape index (κ2) is 5.90. The molecule has 2 unspecified atom stereocenters. The van der Waals surface area contributed by atoms with Gasteiger partial charge in [0.1, 0.15) is 0 Å². The highest BCUT2D eigenvalue weighted by Crippen LogP contribution is 2.28. The molecule has 0 amide bonds. The highest BCUT2D eigenvalue weighted by Gasteiger charge is 2.38. The van der Waals surface area contributed by atoms with Crippen molar-refractivity contribution in [3.63, 3.8) is 0 Å². The summed E-state index contributed by atoms with van der Waals surface area (Å²) in [7, 11) is 0. The number of nitrogens with zero attached hydrogens (tertiary/aromatic N) is 1. The van der Waals surface area contributed by atoms with Crippen LogP contribution in [0.4, 0.5) is 0 Å². The van der Waals surface area contributed by atoms with Gasteiger partial charge in [-0.2, -0.15) is 0 Å². The molecule has 1 saturated heterocycles. The first-order chi connectivity index (χ1) is 8.97. The first-order valence-corrected chi connectivity index (χ1v) is 7.09. The summed E-state index contributed by atoms with van der Waals surface area (Å²) in [5, 5.41) is 18.2. The minimum atomic E-state index is -1.04. The monoisotopic (exact) mass is 303 g/mol. The zero-order valence-electron chi connectivity index (χ0n) is 10.1. The zero-order valence-corrected chi connectivity index (χ0v) is 11.7. The largest absolute Gasteiger partial charge is 0.481 e. The molecule has 5 nitrogen and oxygen atoms in total. The van der Waals surface area contributed by atoms with Gasteiger partial charge in [-0.3, -0.25) is 14.5 Å². The molecule has 1 aromatic heterocycles. The van der Waals surface area contributed by atoms with Gasteiger partial charge in [0, 0.05) is 18.0 Å². The SMILES string of the molecule is O=C(O)C1CCN(Cc2ccc(Cl)s2)CC1C(=O)O. The quantitative estimate of drug-likeness (QED) is 0.889. The smallest absolute Gasteiger partial charge is 0.308 e. The third-order valence-corrected chi connectivity index (χ3v) is 4.56. The average Bonchev–Trinajstić information content (AvgIpc) is 2.74. The maximum absolute atomic E-state index is 11.2. The second-order valence-corrected chi connectivity index (χ2v) is 6.42. The highest BCUT2D eigenvalue weighted by molar-refractivity contribution is 7.16. The van der Waals surface area contributed by atoms with E-state index in [1.807, 2.05) is 11.0 Å². The summed E-state index contributed by atoms with van der Waals surface area (Å²) in [4.78, 5) is 25.2. The van der Waals surface area contributed by atoms with E-state index in [-0.39, 0.29) is 6.54 Å². The number of thiophene rings is 1. The number of piperidine rings is 1. The van der Waals surface area contributed by atoms with Crippen molar-refractivity contribution in [3.8, 4) is 0 Å². The van der Waals surface area contributed by atoms with Gasteiger partial charge in [-0.15, -0.1) is 11.3 Å². The fourth-order valence-corrected chi connectivity index (χ4v) is 3.50. The van der Waals surface area contributed by atoms with Gasteiger partial charge < -0.3 is 10.2 Å². The van der Waals surface area contributed by atoms with E-state index in [9.17, 15) is 9.59 Å². The first-order valence-electron chi connectivity index (χ1n) is 5.89. The number of rotatable bonds is 4. The van der Waals surface area contributed by atoms with E-state index in [0.717, 1.165) is 4.88 Å². The van der Waals surface area contributed by atoms with Gasteiger partial charge in [0.15, 0.2) is 0 Å². The molecule has 0 aromatic carbocycles. The molecule has 2 atom stereocenters. The van der Waals surface area contributed by atoms with E-state index < -0.39 is 23.8 Å². The van der Waals surface area contributed by atoms with Crippen LogP contribution in [0.15, 0.2) is 12.1 Å². The number of carboxylic acids is 2. The Morgan fingerprint density at radius 1 is 1.32 bits per heavy atom. The van der Waals surface area contributed by atoms with Crippen LogP contribution in [0.1, 0.15) is 11.3 Å². The Morgan fingerprint density at radius 3 is 2.53 bits per heavy atom. The van der Waals surface area contributed by atoms with Crippen molar-refractivity contribution in [1.29, 1.82) is 0 Å². The molecule has 104 valence electrons. The summed E-state index contributed by atoms with van der Waals surface area (Å²) in [5.41, 5.74) is 0.